The Morgan fingerprint density at radius 3 is 2.57 bits per heavy atom. The molecule has 1 aromatic rings. The van der Waals surface area contributed by atoms with Gasteiger partial charge in [0.2, 0.25) is 10.0 Å². The van der Waals surface area contributed by atoms with Crippen molar-refractivity contribution in [3.05, 3.63) is 24.3 Å². The largest absolute Gasteiger partial charge is 0.399 e. The molecule has 0 amide bonds. The number of nitrogen functional groups attached to an aromatic ring is 1. The molecule has 0 heterocycles. The number of sulfonamides is 1. The molecule has 3 rings (SSSR count). The van der Waals surface area contributed by atoms with Crippen molar-refractivity contribution in [3.8, 4) is 0 Å². The molecule has 2 saturated carbocycles. The third kappa shape index (κ3) is 2.27. The molecule has 3 N–H and O–H groups in total. The van der Waals surface area contributed by atoms with Crippen LogP contribution in [-0.2, 0) is 10.0 Å². The van der Waals surface area contributed by atoms with Crippen molar-refractivity contribution in [2.45, 2.75) is 51.0 Å². The summed E-state index contributed by atoms with van der Waals surface area (Å²) in [7, 11) is -3.53. The number of rotatable bonds is 3. The number of hydrogen-bond donors (Lipinski definition) is 2. The van der Waals surface area contributed by atoms with Crippen LogP contribution >= 0.6 is 0 Å². The lowest BCUT2D eigenvalue weighted by molar-refractivity contribution is 0.127. The lowest BCUT2D eigenvalue weighted by atomic mass is 9.69. The Bertz CT molecular complexity index is 664. The van der Waals surface area contributed by atoms with Gasteiger partial charge in [-0.25, -0.2) is 13.1 Å². The van der Waals surface area contributed by atoms with Gasteiger partial charge in [0, 0.05) is 11.7 Å². The second kappa shape index (κ2) is 4.46. The lowest BCUT2D eigenvalue weighted by Gasteiger charge is -2.42. The van der Waals surface area contributed by atoms with Crippen LogP contribution in [-0.4, -0.2) is 14.5 Å². The standard InChI is InChI=1S/C16H24N2O2S/c1-15(2)11-7-8-16(3,10-11)14(15)18-21(19,20)13-6-4-5-12(17)9-13/h4-6,9,11,14,18H,7-8,10,17H2,1-3H3. The fourth-order valence-electron chi connectivity index (χ4n) is 4.50. The summed E-state index contributed by atoms with van der Waals surface area (Å²) in [5.41, 5.74) is 6.25. The molecular formula is C16H24N2O2S. The summed E-state index contributed by atoms with van der Waals surface area (Å²) < 4.78 is 28.3. The van der Waals surface area contributed by atoms with Crippen LogP contribution in [0.2, 0.25) is 0 Å². The van der Waals surface area contributed by atoms with Gasteiger partial charge in [0.1, 0.15) is 0 Å². The van der Waals surface area contributed by atoms with Crippen LogP contribution in [0.15, 0.2) is 29.2 Å². The lowest BCUT2D eigenvalue weighted by Crippen LogP contribution is -2.52. The topological polar surface area (TPSA) is 72.2 Å². The zero-order valence-corrected chi connectivity index (χ0v) is 13.7. The second-order valence-corrected chi connectivity index (χ2v) is 9.26. The van der Waals surface area contributed by atoms with Gasteiger partial charge in [-0.3, -0.25) is 0 Å². The maximum atomic E-state index is 12.7. The number of fused-ring (bicyclic) bond motifs is 2. The molecule has 5 heteroatoms. The Kier molecular flexibility index (Phi) is 3.16. The molecular weight excluding hydrogens is 284 g/mol. The number of anilines is 1. The van der Waals surface area contributed by atoms with Crippen LogP contribution < -0.4 is 10.5 Å². The predicted molar refractivity (Wildman–Crippen MR) is 84.2 cm³/mol. The molecule has 2 fully saturated rings. The summed E-state index contributed by atoms with van der Waals surface area (Å²) in [5, 5.41) is 0. The Morgan fingerprint density at radius 2 is 2.00 bits per heavy atom. The van der Waals surface area contributed by atoms with Gasteiger partial charge in [0.15, 0.2) is 0 Å². The Labute approximate surface area is 127 Å². The maximum absolute atomic E-state index is 12.7. The fourth-order valence-corrected chi connectivity index (χ4v) is 6.08. The first-order chi connectivity index (χ1) is 9.65. The minimum absolute atomic E-state index is 0.000392. The molecule has 2 aliphatic carbocycles. The summed E-state index contributed by atoms with van der Waals surface area (Å²) in [6, 6.07) is 6.47. The molecule has 2 bridgehead atoms. The quantitative estimate of drug-likeness (QED) is 0.843. The van der Waals surface area contributed by atoms with Crippen LogP contribution in [0, 0.1) is 16.7 Å². The summed E-state index contributed by atoms with van der Waals surface area (Å²) in [5.74, 6) is 0.607. The van der Waals surface area contributed by atoms with Gasteiger partial charge in [-0.2, -0.15) is 0 Å². The van der Waals surface area contributed by atoms with Crippen LogP contribution in [0.25, 0.3) is 0 Å². The van der Waals surface area contributed by atoms with Crippen molar-refractivity contribution < 1.29 is 8.42 Å². The first-order valence-corrected chi connectivity index (χ1v) is 9.01. The zero-order valence-electron chi connectivity index (χ0n) is 12.9. The van der Waals surface area contributed by atoms with E-state index in [9.17, 15) is 8.42 Å². The number of nitrogens with two attached hydrogens (primary N) is 1. The van der Waals surface area contributed by atoms with E-state index in [0.29, 0.717) is 11.6 Å². The molecule has 0 spiro atoms. The molecule has 0 radical (unpaired) electrons. The van der Waals surface area contributed by atoms with Crippen molar-refractivity contribution in [2.24, 2.45) is 16.7 Å². The molecule has 4 nitrogen and oxygen atoms in total. The van der Waals surface area contributed by atoms with E-state index < -0.39 is 10.0 Å². The number of benzene rings is 1. The van der Waals surface area contributed by atoms with Crippen molar-refractivity contribution >= 4 is 15.7 Å². The molecule has 0 aromatic heterocycles. The summed E-state index contributed by atoms with van der Waals surface area (Å²) >= 11 is 0. The van der Waals surface area contributed by atoms with Gasteiger partial charge >= 0.3 is 0 Å². The summed E-state index contributed by atoms with van der Waals surface area (Å²) in [4.78, 5) is 0.254. The second-order valence-electron chi connectivity index (χ2n) is 7.54. The molecule has 3 unspecified atom stereocenters. The van der Waals surface area contributed by atoms with E-state index in [1.807, 2.05) is 0 Å². The van der Waals surface area contributed by atoms with Gasteiger partial charge in [-0.1, -0.05) is 26.8 Å². The zero-order chi connectivity index (χ0) is 15.5. The van der Waals surface area contributed by atoms with E-state index in [2.05, 4.69) is 25.5 Å². The highest BCUT2D eigenvalue weighted by Crippen LogP contribution is 2.62. The van der Waals surface area contributed by atoms with E-state index in [1.54, 1.807) is 18.2 Å². The Morgan fingerprint density at radius 1 is 1.29 bits per heavy atom. The van der Waals surface area contributed by atoms with Crippen LogP contribution in [0.5, 0.6) is 0 Å². The molecule has 3 atom stereocenters. The number of hydrogen-bond acceptors (Lipinski definition) is 3. The Hall–Kier alpha value is -1.07. The first kappa shape index (κ1) is 14.9. The van der Waals surface area contributed by atoms with Crippen LogP contribution in [0.4, 0.5) is 5.69 Å². The minimum Gasteiger partial charge on any atom is -0.399 e. The highest BCUT2D eigenvalue weighted by molar-refractivity contribution is 7.89. The summed E-state index contributed by atoms with van der Waals surface area (Å²) in [6.45, 7) is 6.59. The average molecular weight is 308 g/mol. The Balaban J connectivity index is 1.93. The van der Waals surface area contributed by atoms with E-state index >= 15 is 0 Å². The van der Waals surface area contributed by atoms with E-state index in [1.165, 1.54) is 12.5 Å². The normalized spacial score (nSPS) is 34.2. The van der Waals surface area contributed by atoms with E-state index in [-0.39, 0.29) is 21.8 Å². The smallest absolute Gasteiger partial charge is 0.240 e. The van der Waals surface area contributed by atoms with E-state index in [4.69, 9.17) is 5.73 Å². The third-order valence-corrected chi connectivity index (χ3v) is 7.13. The van der Waals surface area contributed by atoms with Gasteiger partial charge < -0.3 is 5.73 Å². The molecule has 0 saturated heterocycles. The van der Waals surface area contributed by atoms with Crippen LogP contribution in [0.1, 0.15) is 40.0 Å². The highest BCUT2D eigenvalue weighted by Gasteiger charge is 2.60. The SMILES string of the molecule is CC12CCC(C1)C(C)(C)C2NS(=O)(=O)c1cccc(N)c1. The molecule has 0 aliphatic heterocycles. The molecule has 21 heavy (non-hydrogen) atoms. The third-order valence-electron chi connectivity index (χ3n) is 5.71. The van der Waals surface area contributed by atoms with Crippen molar-refractivity contribution in [1.29, 1.82) is 0 Å². The fraction of sp³-hybridized carbons (Fsp3) is 0.625. The van der Waals surface area contributed by atoms with Gasteiger partial charge in [-0.05, 0) is 54.2 Å². The van der Waals surface area contributed by atoms with Gasteiger partial charge in [0.25, 0.3) is 0 Å². The van der Waals surface area contributed by atoms with Crippen molar-refractivity contribution in [1.82, 2.24) is 4.72 Å². The van der Waals surface area contributed by atoms with Crippen LogP contribution in [0.3, 0.4) is 0 Å². The summed E-state index contributed by atoms with van der Waals surface area (Å²) in [6.07, 6.45) is 3.43. The van der Waals surface area contributed by atoms with Gasteiger partial charge in [0.05, 0.1) is 4.90 Å². The number of nitrogens with one attached hydrogen (secondary N) is 1. The highest BCUT2D eigenvalue weighted by atomic mass is 32.2. The average Bonchev–Trinajstić information content (AvgIpc) is 2.86. The predicted octanol–water partition coefficient (Wildman–Crippen LogP) is 2.76. The molecule has 2 aliphatic rings. The maximum Gasteiger partial charge on any atom is 0.240 e. The monoisotopic (exact) mass is 308 g/mol. The van der Waals surface area contributed by atoms with Crippen molar-refractivity contribution in [2.75, 3.05) is 5.73 Å². The molecule has 1 aromatic carbocycles. The first-order valence-electron chi connectivity index (χ1n) is 7.53. The van der Waals surface area contributed by atoms with Gasteiger partial charge in [-0.15, -0.1) is 0 Å². The van der Waals surface area contributed by atoms with Crippen molar-refractivity contribution in [3.63, 3.8) is 0 Å². The minimum atomic E-state index is -3.53. The molecule has 116 valence electrons. The van der Waals surface area contributed by atoms with E-state index in [0.717, 1.165) is 12.8 Å².